The number of ether oxygens (including phenoxy) is 1. The molecule has 37 heavy (non-hydrogen) atoms. The second kappa shape index (κ2) is 11.4. The molecule has 3 aromatic carbocycles. The summed E-state index contributed by atoms with van der Waals surface area (Å²) in [5.41, 5.74) is 4.63. The van der Waals surface area contributed by atoms with Crippen molar-refractivity contribution < 1.29 is 24.5 Å². The SMILES string of the molecule is CCCCc1cn(Cc2ccc(-c3ccccc3OC(=O)O)cc2)c2cc(C=CC(=O)O)ccc2c1=O. The minimum absolute atomic E-state index is 0.00107. The van der Waals surface area contributed by atoms with Crippen LogP contribution in [0.3, 0.4) is 0 Å². The maximum Gasteiger partial charge on any atom is 0.511 e. The Hall–Kier alpha value is -4.65. The quantitative estimate of drug-likeness (QED) is 0.162. The van der Waals surface area contributed by atoms with Crippen LogP contribution >= 0.6 is 0 Å². The maximum absolute atomic E-state index is 13.1. The van der Waals surface area contributed by atoms with Crippen LogP contribution in [0, 0.1) is 0 Å². The minimum atomic E-state index is -1.37. The molecule has 188 valence electrons. The zero-order chi connectivity index (χ0) is 26.4. The van der Waals surface area contributed by atoms with Crippen LogP contribution in [0.25, 0.3) is 28.1 Å². The lowest BCUT2D eigenvalue weighted by Gasteiger charge is -2.15. The van der Waals surface area contributed by atoms with Gasteiger partial charge >= 0.3 is 12.1 Å². The summed E-state index contributed by atoms with van der Waals surface area (Å²) in [6.07, 6.45) is 5.68. The minimum Gasteiger partial charge on any atom is -0.478 e. The number of carboxylic acids is 1. The van der Waals surface area contributed by atoms with Gasteiger partial charge in [0.05, 0.1) is 5.52 Å². The lowest BCUT2D eigenvalue weighted by molar-refractivity contribution is -0.131. The molecule has 0 radical (unpaired) electrons. The van der Waals surface area contributed by atoms with E-state index in [0.717, 1.165) is 41.1 Å². The zero-order valence-corrected chi connectivity index (χ0v) is 20.4. The number of fused-ring (bicyclic) bond motifs is 1. The predicted molar refractivity (Wildman–Crippen MR) is 143 cm³/mol. The topological polar surface area (TPSA) is 106 Å². The summed E-state index contributed by atoms with van der Waals surface area (Å²) in [4.78, 5) is 35.2. The van der Waals surface area contributed by atoms with E-state index in [1.165, 1.54) is 6.08 Å². The number of benzene rings is 3. The van der Waals surface area contributed by atoms with Gasteiger partial charge in [-0.25, -0.2) is 9.59 Å². The van der Waals surface area contributed by atoms with Crippen molar-refractivity contribution in [3.05, 3.63) is 106 Å². The Bertz CT molecular complexity index is 1530. The molecule has 1 aromatic heterocycles. The van der Waals surface area contributed by atoms with E-state index in [-0.39, 0.29) is 11.2 Å². The molecule has 1 heterocycles. The van der Waals surface area contributed by atoms with Crippen LogP contribution in [0.1, 0.15) is 36.5 Å². The van der Waals surface area contributed by atoms with Gasteiger partial charge in [0.1, 0.15) is 5.75 Å². The third-order valence-corrected chi connectivity index (χ3v) is 6.10. The second-order valence-electron chi connectivity index (χ2n) is 8.72. The van der Waals surface area contributed by atoms with E-state index in [4.69, 9.17) is 14.9 Å². The molecule has 0 fully saturated rings. The van der Waals surface area contributed by atoms with Crippen LogP contribution < -0.4 is 10.2 Å². The van der Waals surface area contributed by atoms with E-state index >= 15 is 0 Å². The molecule has 0 unspecified atom stereocenters. The maximum atomic E-state index is 13.1. The number of carboxylic acid groups (broad SMARTS) is 2. The molecular formula is C30H27NO6. The molecule has 0 aliphatic heterocycles. The Balaban J connectivity index is 1.73. The molecule has 4 aromatic rings. The Labute approximate surface area is 213 Å². The average molecular weight is 498 g/mol. The standard InChI is InChI=1S/C30H27NO6/c1-2-3-6-23-19-31(26-17-20(12-16-28(32)33)11-15-25(26)29(23)34)18-21-9-13-22(14-10-21)24-7-4-5-8-27(24)37-30(35)36/h4-5,7-17,19H,2-3,6,18H2,1H3,(H,32,33)(H,35,36). The summed E-state index contributed by atoms with van der Waals surface area (Å²) in [5, 5.41) is 18.6. The number of aliphatic carboxylic acids is 1. The molecule has 0 aliphatic rings. The number of para-hydroxylation sites is 1. The predicted octanol–water partition coefficient (Wildman–Crippen LogP) is 6.21. The molecule has 2 N–H and O–H groups in total. The lowest BCUT2D eigenvalue weighted by Crippen LogP contribution is -2.15. The summed E-state index contributed by atoms with van der Waals surface area (Å²) in [7, 11) is 0. The van der Waals surface area contributed by atoms with Gasteiger partial charge in [-0.3, -0.25) is 4.79 Å². The van der Waals surface area contributed by atoms with Crippen molar-refractivity contribution >= 4 is 29.1 Å². The fourth-order valence-electron chi connectivity index (χ4n) is 4.29. The Morgan fingerprint density at radius 1 is 1.00 bits per heavy atom. The highest BCUT2D eigenvalue weighted by molar-refractivity contribution is 5.87. The fraction of sp³-hybridized carbons (Fsp3) is 0.167. The number of aryl methyl sites for hydroxylation is 1. The highest BCUT2D eigenvalue weighted by atomic mass is 16.7. The van der Waals surface area contributed by atoms with Crippen LogP contribution in [0.4, 0.5) is 4.79 Å². The van der Waals surface area contributed by atoms with Gasteiger partial charge in [0.2, 0.25) is 0 Å². The number of nitrogens with zero attached hydrogens (tertiary/aromatic N) is 1. The van der Waals surface area contributed by atoms with E-state index in [2.05, 4.69) is 6.92 Å². The van der Waals surface area contributed by atoms with Crippen molar-refractivity contribution in [2.45, 2.75) is 32.7 Å². The van der Waals surface area contributed by atoms with Gasteiger partial charge in [0.25, 0.3) is 0 Å². The van der Waals surface area contributed by atoms with Gasteiger partial charge in [-0.2, -0.15) is 0 Å². The zero-order valence-electron chi connectivity index (χ0n) is 20.4. The molecule has 7 nitrogen and oxygen atoms in total. The summed E-state index contributed by atoms with van der Waals surface area (Å²) >= 11 is 0. The number of hydrogen-bond acceptors (Lipinski definition) is 4. The Kier molecular flexibility index (Phi) is 7.83. The number of unbranched alkanes of at least 4 members (excludes halogenated alkanes) is 1. The number of carbonyl (C=O) groups is 2. The van der Waals surface area contributed by atoms with Crippen molar-refractivity contribution in [1.29, 1.82) is 0 Å². The molecule has 0 atom stereocenters. The first-order chi connectivity index (χ1) is 17.9. The van der Waals surface area contributed by atoms with Gasteiger partial charge in [0.15, 0.2) is 5.43 Å². The first-order valence-electron chi connectivity index (χ1n) is 12.0. The summed E-state index contributed by atoms with van der Waals surface area (Å²) in [6, 6.07) is 20.0. The molecular weight excluding hydrogens is 470 g/mol. The van der Waals surface area contributed by atoms with Crippen molar-refractivity contribution in [2.75, 3.05) is 0 Å². The molecule has 7 heteroatoms. The average Bonchev–Trinajstić information content (AvgIpc) is 2.89. The van der Waals surface area contributed by atoms with Gasteiger partial charge < -0.3 is 19.5 Å². The van der Waals surface area contributed by atoms with Crippen LogP contribution in [0.5, 0.6) is 5.75 Å². The normalized spacial score (nSPS) is 11.2. The van der Waals surface area contributed by atoms with Gasteiger partial charge in [-0.15, -0.1) is 0 Å². The second-order valence-corrected chi connectivity index (χ2v) is 8.72. The molecule has 0 bridgehead atoms. The van der Waals surface area contributed by atoms with Crippen molar-refractivity contribution in [3.63, 3.8) is 0 Å². The van der Waals surface area contributed by atoms with E-state index in [1.54, 1.807) is 30.3 Å². The lowest BCUT2D eigenvalue weighted by atomic mass is 10.0. The van der Waals surface area contributed by atoms with E-state index in [1.807, 2.05) is 47.2 Å². The third-order valence-electron chi connectivity index (χ3n) is 6.10. The molecule has 0 aliphatic carbocycles. The Morgan fingerprint density at radius 3 is 2.46 bits per heavy atom. The van der Waals surface area contributed by atoms with Crippen LogP contribution in [0.2, 0.25) is 0 Å². The van der Waals surface area contributed by atoms with Crippen molar-refractivity contribution in [3.8, 4) is 16.9 Å². The monoisotopic (exact) mass is 497 g/mol. The van der Waals surface area contributed by atoms with Crippen LogP contribution in [-0.2, 0) is 17.8 Å². The highest BCUT2D eigenvalue weighted by Crippen LogP contribution is 2.30. The number of hydrogen-bond donors (Lipinski definition) is 2. The Morgan fingerprint density at radius 2 is 1.76 bits per heavy atom. The van der Waals surface area contributed by atoms with E-state index in [0.29, 0.717) is 29.5 Å². The van der Waals surface area contributed by atoms with Crippen LogP contribution in [0.15, 0.2) is 83.8 Å². The van der Waals surface area contributed by atoms with Crippen molar-refractivity contribution in [2.24, 2.45) is 0 Å². The number of aromatic nitrogens is 1. The molecule has 4 rings (SSSR count). The van der Waals surface area contributed by atoms with Gasteiger partial charge in [-0.05, 0) is 53.8 Å². The number of rotatable bonds is 9. The van der Waals surface area contributed by atoms with Gasteiger partial charge in [-0.1, -0.05) is 61.9 Å². The first-order valence-corrected chi connectivity index (χ1v) is 12.0. The number of pyridine rings is 1. The molecule has 0 saturated carbocycles. The summed E-state index contributed by atoms with van der Waals surface area (Å²) in [5.74, 6) is -0.778. The highest BCUT2D eigenvalue weighted by Gasteiger charge is 2.12. The van der Waals surface area contributed by atoms with Crippen molar-refractivity contribution in [1.82, 2.24) is 4.57 Å². The summed E-state index contributed by atoms with van der Waals surface area (Å²) in [6.45, 7) is 2.58. The first kappa shape index (κ1) is 25.4. The van der Waals surface area contributed by atoms with E-state index in [9.17, 15) is 14.4 Å². The third kappa shape index (κ3) is 6.13. The smallest absolute Gasteiger partial charge is 0.478 e. The molecule has 0 saturated heterocycles. The fourth-order valence-corrected chi connectivity index (χ4v) is 4.29. The van der Waals surface area contributed by atoms with Gasteiger partial charge in [0, 0.05) is 35.3 Å². The van der Waals surface area contributed by atoms with E-state index < -0.39 is 12.1 Å². The molecule has 0 amide bonds. The summed E-state index contributed by atoms with van der Waals surface area (Å²) < 4.78 is 6.94. The largest absolute Gasteiger partial charge is 0.511 e. The van der Waals surface area contributed by atoms with Crippen LogP contribution in [-0.4, -0.2) is 26.9 Å². The molecule has 0 spiro atoms.